The average molecular weight is 318 g/mol. The molecule has 1 spiro atoms. The highest BCUT2D eigenvalue weighted by Gasteiger charge is 2.39. The topological polar surface area (TPSA) is 56.1 Å². The first-order chi connectivity index (χ1) is 10.8. The SMILES string of the molecule is [CH2]C(C)(C)Cn1nc(CC)c2c1CC1(CCOCC1)CNC2=O. The minimum absolute atomic E-state index is 0.0355. The number of ether oxygens (including phenoxy) is 1. The lowest BCUT2D eigenvalue weighted by molar-refractivity contribution is 0.0151. The maximum absolute atomic E-state index is 12.7. The predicted octanol–water partition coefficient (Wildman–Crippen LogP) is 2.39. The highest BCUT2D eigenvalue weighted by atomic mass is 16.5. The van der Waals surface area contributed by atoms with E-state index in [1.165, 1.54) is 0 Å². The Morgan fingerprint density at radius 2 is 2.09 bits per heavy atom. The molecular formula is C18H28N3O2. The number of aromatic nitrogens is 2. The van der Waals surface area contributed by atoms with E-state index in [2.05, 4.69) is 33.0 Å². The van der Waals surface area contributed by atoms with Crippen molar-refractivity contribution in [3.63, 3.8) is 0 Å². The van der Waals surface area contributed by atoms with Crippen LogP contribution < -0.4 is 5.32 Å². The fourth-order valence-electron chi connectivity index (χ4n) is 3.71. The number of nitrogens with one attached hydrogen (secondary N) is 1. The van der Waals surface area contributed by atoms with Gasteiger partial charge in [0.1, 0.15) is 0 Å². The first-order valence-electron chi connectivity index (χ1n) is 8.63. The van der Waals surface area contributed by atoms with Gasteiger partial charge in [-0.1, -0.05) is 20.8 Å². The second-order valence-corrected chi connectivity index (χ2v) is 7.92. The number of aryl methyl sites for hydroxylation is 1. The number of hydrogen-bond donors (Lipinski definition) is 1. The quantitative estimate of drug-likeness (QED) is 0.931. The van der Waals surface area contributed by atoms with Gasteiger partial charge >= 0.3 is 0 Å². The summed E-state index contributed by atoms with van der Waals surface area (Å²) in [7, 11) is 0. The van der Waals surface area contributed by atoms with Gasteiger partial charge in [0, 0.05) is 26.3 Å². The van der Waals surface area contributed by atoms with Gasteiger partial charge in [-0.25, -0.2) is 0 Å². The standard InChI is InChI=1S/C18H28N3O2/c1-5-13-15-14(21(20-13)12-17(2,3)4)10-18(11-19-16(15)22)6-8-23-9-7-18/h2,5-12H2,1,3-4H3,(H,19,22). The van der Waals surface area contributed by atoms with Gasteiger partial charge in [-0.15, -0.1) is 0 Å². The number of carbonyl (C=O) groups excluding carboxylic acids is 1. The minimum Gasteiger partial charge on any atom is -0.381 e. The van der Waals surface area contributed by atoms with Crippen LogP contribution in [0, 0.1) is 17.8 Å². The summed E-state index contributed by atoms with van der Waals surface area (Å²) in [5.41, 5.74) is 2.80. The highest BCUT2D eigenvalue weighted by molar-refractivity contribution is 5.97. The molecule has 1 radical (unpaired) electrons. The second kappa shape index (κ2) is 5.93. The molecule has 1 N–H and O–H groups in total. The summed E-state index contributed by atoms with van der Waals surface area (Å²) >= 11 is 0. The first kappa shape index (κ1) is 16.5. The van der Waals surface area contributed by atoms with Crippen LogP contribution in [0.25, 0.3) is 0 Å². The molecule has 1 aromatic rings. The minimum atomic E-state index is -0.115. The van der Waals surface area contributed by atoms with Gasteiger partial charge in [0.25, 0.3) is 5.91 Å². The molecule has 23 heavy (non-hydrogen) atoms. The maximum atomic E-state index is 12.7. The molecule has 0 aromatic carbocycles. The maximum Gasteiger partial charge on any atom is 0.255 e. The Kier molecular flexibility index (Phi) is 4.25. The van der Waals surface area contributed by atoms with Crippen molar-refractivity contribution in [1.29, 1.82) is 0 Å². The van der Waals surface area contributed by atoms with Crippen molar-refractivity contribution in [3.05, 3.63) is 23.9 Å². The third-order valence-corrected chi connectivity index (χ3v) is 4.99. The number of carbonyl (C=O) groups is 1. The zero-order chi connectivity index (χ0) is 16.7. The summed E-state index contributed by atoms with van der Waals surface area (Å²) in [4.78, 5) is 12.7. The Balaban J connectivity index is 2.04. The van der Waals surface area contributed by atoms with Crippen LogP contribution in [0.15, 0.2) is 0 Å². The molecule has 1 aromatic heterocycles. The summed E-state index contributed by atoms with van der Waals surface area (Å²) < 4.78 is 7.59. The first-order valence-corrected chi connectivity index (χ1v) is 8.63. The molecule has 0 saturated carbocycles. The monoisotopic (exact) mass is 318 g/mol. The molecule has 0 atom stereocenters. The molecular weight excluding hydrogens is 290 g/mol. The fraction of sp³-hybridized carbons (Fsp3) is 0.722. The Morgan fingerprint density at radius 3 is 2.70 bits per heavy atom. The van der Waals surface area contributed by atoms with Crippen LogP contribution in [0.1, 0.15) is 55.4 Å². The summed E-state index contributed by atoms with van der Waals surface area (Å²) in [5, 5.41) is 7.90. The van der Waals surface area contributed by atoms with E-state index in [0.717, 1.165) is 68.9 Å². The van der Waals surface area contributed by atoms with Gasteiger partial charge in [-0.3, -0.25) is 9.48 Å². The van der Waals surface area contributed by atoms with Crippen LogP contribution in [0.2, 0.25) is 0 Å². The normalized spacial score (nSPS) is 21.0. The van der Waals surface area contributed by atoms with Gasteiger partial charge in [0.15, 0.2) is 0 Å². The second-order valence-electron chi connectivity index (χ2n) is 7.92. The van der Waals surface area contributed by atoms with E-state index in [9.17, 15) is 4.79 Å². The molecule has 3 heterocycles. The van der Waals surface area contributed by atoms with E-state index in [1.807, 2.05) is 4.68 Å². The molecule has 1 saturated heterocycles. The average Bonchev–Trinajstić information content (AvgIpc) is 2.74. The zero-order valence-electron chi connectivity index (χ0n) is 14.6. The number of nitrogens with zero attached hydrogens (tertiary/aromatic N) is 2. The van der Waals surface area contributed by atoms with Crippen LogP contribution in [0.3, 0.4) is 0 Å². The van der Waals surface area contributed by atoms with Crippen LogP contribution >= 0.6 is 0 Å². The molecule has 127 valence electrons. The van der Waals surface area contributed by atoms with Gasteiger partial charge in [-0.2, -0.15) is 5.10 Å². The molecule has 2 aliphatic heterocycles. The molecule has 0 aliphatic carbocycles. The Hall–Kier alpha value is -1.36. The summed E-state index contributed by atoms with van der Waals surface area (Å²) in [5.74, 6) is 0.0355. The summed E-state index contributed by atoms with van der Waals surface area (Å²) in [6.07, 6.45) is 3.66. The molecule has 3 rings (SSSR count). The van der Waals surface area contributed by atoms with Crippen LogP contribution in [0.5, 0.6) is 0 Å². The molecule has 5 heteroatoms. The molecule has 5 nitrogen and oxygen atoms in total. The van der Waals surface area contributed by atoms with Gasteiger partial charge in [-0.05, 0) is 43.4 Å². The van der Waals surface area contributed by atoms with Crippen LogP contribution in [-0.4, -0.2) is 35.4 Å². The lowest BCUT2D eigenvalue weighted by atomic mass is 9.76. The van der Waals surface area contributed by atoms with Crippen molar-refractivity contribution in [2.75, 3.05) is 19.8 Å². The lowest BCUT2D eigenvalue weighted by Gasteiger charge is -2.36. The third kappa shape index (κ3) is 3.30. The van der Waals surface area contributed by atoms with Gasteiger partial charge < -0.3 is 10.1 Å². The Bertz CT molecular complexity index is 592. The fourth-order valence-corrected chi connectivity index (χ4v) is 3.71. The highest BCUT2D eigenvalue weighted by Crippen LogP contribution is 2.37. The van der Waals surface area contributed by atoms with E-state index in [0.29, 0.717) is 0 Å². The third-order valence-electron chi connectivity index (χ3n) is 4.99. The molecule has 1 amide bonds. The van der Waals surface area contributed by atoms with Crippen molar-refractivity contribution in [2.24, 2.45) is 10.8 Å². The number of amides is 1. The largest absolute Gasteiger partial charge is 0.381 e. The van der Waals surface area contributed by atoms with Crippen molar-refractivity contribution in [1.82, 2.24) is 15.1 Å². The smallest absolute Gasteiger partial charge is 0.255 e. The molecule has 2 aliphatic rings. The predicted molar refractivity (Wildman–Crippen MR) is 89.3 cm³/mol. The lowest BCUT2D eigenvalue weighted by Crippen LogP contribution is -2.41. The number of hydrogen-bond acceptors (Lipinski definition) is 3. The van der Waals surface area contributed by atoms with Crippen molar-refractivity contribution >= 4 is 5.91 Å². The van der Waals surface area contributed by atoms with Crippen LogP contribution in [0.4, 0.5) is 0 Å². The van der Waals surface area contributed by atoms with E-state index < -0.39 is 0 Å². The molecule has 0 bridgehead atoms. The molecule has 1 fully saturated rings. The van der Waals surface area contributed by atoms with Gasteiger partial charge in [0.2, 0.25) is 0 Å². The van der Waals surface area contributed by atoms with E-state index in [1.54, 1.807) is 0 Å². The molecule has 0 unspecified atom stereocenters. The van der Waals surface area contributed by atoms with Crippen molar-refractivity contribution in [3.8, 4) is 0 Å². The zero-order valence-corrected chi connectivity index (χ0v) is 14.6. The van der Waals surface area contributed by atoms with Crippen LogP contribution in [-0.2, 0) is 24.1 Å². The number of rotatable bonds is 3. The Labute approximate surface area is 138 Å². The Morgan fingerprint density at radius 1 is 1.39 bits per heavy atom. The summed E-state index contributed by atoms with van der Waals surface area (Å²) in [6.45, 7) is 13.5. The van der Waals surface area contributed by atoms with Gasteiger partial charge in [0.05, 0.1) is 17.0 Å². The van der Waals surface area contributed by atoms with Crippen molar-refractivity contribution < 1.29 is 9.53 Å². The summed E-state index contributed by atoms with van der Waals surface area (Å²) in [6, 6.07) is 0. The van der Waals surface area contributed by atoms with E-state index in [4.69, 9.17) is 9.84 Å². The van der Waals surface area contributed by atoms with Crippen molar-refractivity contribution in [2.45, 2.75) is 53.0 Å². The van der Waals surface area contributed by atoms with E-state index in [-0.39, 0.29) is 16.7 Å². The number of fused-ring (bicyclic) bond motifs is 1. The van der Waals surface area contributed by atoms with E-state index >= 15 is 0 Å².